The SMILES string of the molecule is O=C1CCCC[C@@]1(NCC1CC1)c1ccccc1Cl. The first-order valence-corrected chi connectivity index (χ1v) is 7.63. The van der Waals surface area contributed by atoms with Crippen LogP contribution in [-0.4, -0.2) is 12.3 Å². The van der Waals surface area contributed by atoms with Gasteiger partial charge in [0.1, 0.15) is 5.54 Å². The standard InChI is InChI=1S/C16H20ClNO/c17-14-6-2-1-5-13(14)16(18-11-12-8-9-12)10-4-3-7-15(16)19/h1-2,5-6,12,18H,3-4,7-11H2/t16-/m1/s1. The normalized spacial score (nSPS) is 27.5. The Hall–Kier alpha value is -0.860. The summed E-state index contributed by atoms with van der Waals surface area (Å²) >= 11 is 6.35. The minimum Gasteiger partial charge on any atom is -0.301 e. The highest BCUT2D eigenvalue weighted by molar-refractivity contribution is 6.31. The van der Waals surface area contributed by atoms with E-state index in [2.05, 4.69) is 5.32 Å². The number of benzene rings is 1. The molecule has 0 radical (unpaired) electrons. The topological polar surface area (TPSA) is 29.1 Å². The number of ketones is 1. The number of rotatable bonds is 4. The van der Waals surface area contributed by atoms with Gasteiger partial charge < -0.3 is 5.32 Å². The lowest BCUT2D eigenvalue weighted by Crippen LogP contribution is -2.51. The molecular formula is C16H20ClNO. The van der Waals surface area contributed by atoms with E-state index in [4.69, 9.17) is 11.6 Å². The van der Waals surface area contributed by atoms with Crippen molar-refractivity contribution in [3.05, 3.63) is 34.9 Å². The quantitative estimate of drug-likeness (QED) is 0.910. The summed E-state index contributed by atoms with van der Waals surface area (Å²) in [5.41, 5.74) is 0.446. The Kier molecular flexibility index (Phi) is 3.64. The molecule has 1 N–H and O–H groups in total. The fourth-order valence-corrected chi connectivity index (χ4v) is 3.34. The lowest BCUT2D eigenvalue weighted by atomic mass is 9.75. The highest BCUT2D eigenvalue weighted by atomic mass is 35.5. The van der Waals surface area contributed by atoms with Gasteiger partial charge in [-0.1, -0.05) is 36.2 Å². The summed E-state index contributed by atoms with van der Waals surface area (Å²) < 4.78 is 0. The van der Waals surface area contributed by atoms with Gasteiger partial charge in [0, 0.05) is 11.4 Å². The predicted molar refractivity (Wildman–Crippen MR) is 77.3 cm³/mol. The van der Waals surface area contributed by atoms with Crippen molar-refractivity contribution in [3.8, 4) is 0 Å². The molecule has 0 unspecified atom stereocenters. The molecule has 2 fully saturated rings. The summed E-state index contributed by atoms with van der Waals surface area (Å²) in [6.45, 7) is 0.941. The molecule has 3 rings (SSSR count). The van der Waals surface area contributed by atoms with Crippen molar-refractivity contribution in [2.24, 2.45) is 5.92 Å². The van der Waals surface area contributed by atoms with E-state index < -0.39 is 5.54 Å². The van der Waals surface area contributed by atoms with E-state index in [0.29, 0.717) is 17.2 Å². The molecule has 1 aromatic rings. The molecule has 2 nitrogen and oxygen atoms in total. The number of Topliss-reactive ketones (excluding diaryl/α,β-unsaturated/α-hetero) is 1. The lowest BCUT2D eigenvalue weighted by Gasteiger charge is -2.38. The van der Waals surface area contributed by atoms with Crippen LogP contribution in [0.25, 0.3) is 0 Å². The summed E-state index contributed by atoms with van der Waals surface area (Å²) in [7, 11) is 0. The van der Waals surface area contributed by atoms with Crippen LogP contribution in [0.5, 0.6) is 0 Å². The number of halogens is 1. The molecule has 0 spiro atoms. The van der Waals surface area contributed by atoms with Crippen LogP contribution >= 0.6 is 11.6 Å². The minimum absolute atomic E-state index is 0.313. The van der Waals surface area contributed by atoms with Crippen LogP contribution in [0.15, 0.2) is 24.3 Å². The Morgan fingerprint density at radius 3 is 2.74 bits per heavy atom. The number of hydrogen-bond donors (Lipinski definition) is 1. The van der Waals surface area contributed by atoms with Crippen LogP contribution in [-0.2, 0) is 10.3 Å². The summed E-state index contributed by atoms with van der Waals surface area (Å²) in [5, 5.41) is 4.28. The van der Waals surface area contributed by atoms with Crippen LogP contribution in [0, 0.1) is 5.92 Å². The van der Waals surface area contributed by atoms with Crippen molar-refractivity contribution >= 4 is 17.4 Å². The summed E-state index contributed by atoms with van der Waals surface area (Å²) in [6.07, 6.45) is 6.23. The van der Waals surface area contributed by atoms with E-state index >= 15 is 0 Å². The van der Waals surface area contributed by atoms with Gasteiger partial charge in [-0.15, -0.1) is 0 Å². The summed E-state index contributed by atoms with van der Waals surface area (Å²) in [4.78, 5) is 12.6. The van der Waals surface area contributed by atoms with Crippen molar-refractivity contribution in [2.45, 2.75) is 44.1 Å². The fraction of sp³-hybridized carbons (Fsp3) is 0.562. The molecule has 0 aromatic heterocycles. The van der Waals surface area contributed by atoms with E-state index in [-0.39, 0.29) is 0 Å². The second-order valence-corrected chi connectivity index (χ2v) is 6.25. The van der Waals surface area contributed by atoms with E-state index in [1.807, 2.05) is 24.3 Å². The highest BCUT2D eigenvalue weighted by Gasteiger charge is 2.43. The van der Waals surface area contributed by atoms with Crippen molar-refractivity contribution in [2.75, 3.05) is 6.54 Å². The molecule has 3 heteroatoms. The van der Waals surface area contributed by atoms with E-state index in [1.165, 1.54) is 12.8 Å². The van der Waals surface area contributed by atoms with Crippen molar-refractivity contribution in [1.82, 2.24) is 5.32 Å². The third-order valence-electron chi connectivity index (χ3n) is 4.40. The summed E-state index contributed by atoms with van der Waals surface area (Å²) in [5.74, 6) is 1.07. The molecule has 0 bridgehead atoms. The molecule has 1 aromatic carbocycles. The average Bonchev–Trinajstić information content (AvgIpc) is 3.23. The number of hydrogen-bond acceptors (Lipinski definition) is 2. The van der Waals surface area contributed by atoms with Gasteiger partial charge in [-0.3, -0.25) is 4.79 Å². The molecule has 0 saturated heterocycles. The molecule has 0 heterocycles. The molecule has 0 amide bonds. The van der Waals surface area contributed by atoms with Gasteiger partial charge in [0.15, 0.2) is 5.78 Å². The largest absolute Gasteiger partial charge is 0.301 e. The first-order chi connectivity index (χ1) is 9.22. The Labute approximate surface area is 119 Å². The number of carbonyl (C=O) groups is 1. The second kappa shape index (κ2) is 5.26. The molecule has 2 aliphatic rings. The molecule has 2 saturated carbocycles. The lowest BCUT2D eigenvalue weighted by molar-refractivity contribution is -0.128. The zero-order valence-corrected chi connectivity index (χ0v) is 11.9. The Morgan fingerprint density at radius 2 is 2.05 bits per heavy atom. The van der Waals surface area contributed by atoms with Crippen LogP contribution < -0.4 is 5.32 Å². The van der Waals surface area contributed by atoms with Crippen molar-refractivity contribution in [1.29, 1.82) is 0 Å². The minimum atomic E-state index is -0.529. The number of nitrogens with one attached hydrogen (secondary N) is 1. The van der Waals surface area contributed by atoms with Gasteiger partial charge in [0.2, 0.25) is 0 Å². The maximum absolute atomic E-state index is 12.6. The Morgan fingerprint density at radius 1 is 1.26 bits per heavy atom. The van der Waals surface area contributed by atoms with Crippen LogP contribution in [0.3, 0.4) is 0 Å². The van der Waals surface area contributed by atoms with E-state index in [1.54, 1.807) is 0 Å². The van der Waals surface area contributed by atoms with Gasteiger partial charge in [-0.2, -0.15) is 0 Å². The zero-order chi connectivity index (χ0) is 13.3. The highest BCUT2D eigenvalue weighted by Crippen LogP contribution is 2.39. The van der Waals surface area contributed by atoms with E-state index in [9.17, 15) is 4.79 Å². The van der Waals surface area contributed by atoms with Gasteiger partial charge in [-0.25, -0.2) is 0 Å². The summed E-state index contributed by atoms with van der Waals surface area (Å²) in [6, 6.07) is 7.79. The molecule has 0 aliphatic heterocycles. The molecule has 1 atom stereocenters. The van der Waals surface area contributed by atoms with Crippen LogP contribution in [0.4, 0.5) is 0 Å². The van der Waals surface area contributed by atoms with Crippen molar-refractivity contribution < 1.29 is 4.79 Å². The third-order valence-corrected chi connectivity index (χ3v) is 4.73. The molecule has 2 aliphatic carbocycles. The third kappa shape index (κ3) is 2.56. The maximum atomic E-state index is 12.6. The van der Waals surface area contributed by atoms with Gasteiger partial charge in [0.25, 0.3) is 0 Å². The first-order valence-electron chi connectivity index (χ1n) is 7.26. The monoisotopic (exact) mass is 277 g/mol. The van der Waals surface area contributed by atoms with Gasteiger partial charge >= 0.3 is 0 Å². The van der Waals surface area contributed by atoms with Crippen LogP contribution in [0.2, 0.25) is 5.02 Å². The smallest absolute Gasteiger partial charge is 0.157 e. The first kappa shape index (κ1) is 13.1. The Bertz CT molecular complexity index is 483. The Balaban J connectivity index is 1.94. The molecule has 102 valence electrons. The second-order valence-electron chi connectivity index (χ2n) is 5.84. The zero-order valence-electron chi connectivity index (χ0n) is 11.1. The maximum Gasteiger partial charge on any atom is 0.157 e. The molecule has 19 heavy (non-hydrogen) atoms. The van der Waals surface area contributed by atoms with Crippen molar-refractivity contribution in [3.63, 3.8) is 0 Å². The predicted octanol–water partition coefficient (Wildman–Crippen LogP) is 3.68. The average molecular weight is 278 g/mol. The van der Waals surface area contributed by atoms with Gasteiger partial charge in [-0.05, 0) is 49.8 Å². The van der Waals surface area contributed by atoms with Gasteiger partial charge in [0.05, 0.1) is 0 Å². The molecular weight excluding hydrogens is 258 g/mol. The number of carbonyl (C=O) groups excluding carboxylic acids is 1. The van der Waals surface area contributed by atoms with E-state index in [0.717, 1.165) is 37.3 Å². The van der Waals surface area contributed by atoms with Crippen LogP contribution in [0.1, 0.15) is 44.1 Å². The fourth-order valence-electron chi connectivity index (χ4n) is 3.04.